The molecular formula is C34H26N2O2. The standard InChI is InChI=1S/C34H26N2O2/c1-22-16-29(20-30-18-27(23(2)21-35)17-24(3)37-30)38-34-19-28(14-15-31(22)34)36-32-10-6-4-8-25(32)12-13-26-9-5-7-11-33(26)36/h4-20H,1-3H3/b27-23?,29-20+. The molecule has 3 aromatic rings. The molecule has 0 aliphatic carbocycles. The molecule has 4 nitrogen and oxygen atoms in total. The van der Waals surface area contributed by atoms with E-state index in [9.17, 15) is 5.26 Å². The number of nitrogens with zero attached hydrogens (tertiary/aromatic N) is 2. The van der Waals surface area contributed by atoms with Crippen LogP contribution >= 0.6 is 0 Å². The van der Waals surface area contributed by atoms with Gasteiger partial charge in [0.2, 0.25) is 0 Å². The molecule has 0 fully saturated rings. The molecule has 0 aromatic heterocycles. The summed E-state index contributed by atoms with van der Waals surface area (Å²) in [6, 6.07) is 25.4. The molecule has 3 heterocycles. The molecule has 0 bridgehead atoms. The van der Waals surface area contributed by atoms with Crippen LogP contribution in [0.3, 0.4) is 0 Å². The van der Waals surface area contributed by atoms with Gasteiger partial charge in [0.05, 0.1) is 17.4 Å². The van der Waals surface area contributed by atoms with E-state index in [0.717, 1.165) is 56.4 Å². The summed E-state index contributed by atoms with van der Waals surface area (Å²) in [5, 5.41) is 9.33. The molecule has 0 amide bonds. The molecular weight excluding hydrogens is 468 g/mol. The molecule has 3 aliphatic heterocycles. The number of nitriles is 1. The summed E-state index contributed by atoms with van der Waals surface area (Å²) < 4.78 is 12.3. The van der Waals surface area contributed by atoms with Gasteiger partial charge in [-0.1, -0.05) is 48.6 Å². The van der Waals surface area contributed by atoms with Crippen molar-refractivity contribution in [2.24, 2.45) is 0 Å². The molecule has 0 atom stereocenters. The first kappa shape index (κ1) is 23.4. The third kappa shape index (κ3) is 4.25. The Kier molecular flexibility index (Phi) is 5.82. The van der Waals surface area contributed by atoms with Crippen LogP contribution in [0.4, 0.5) is 17.1 Å². The highest BCUT2D eigenvalue weighted by atomic mass is 16.5. The molecule has 3 aromatic carbocycles. The maximum atomic E-state index is 9.33. The first-order valence-corrected chi connectivity index (χ1v) is 12.6. The molecule has 0 saturated carbocycles. The van der Waals surface area contributed by atoms with Gasteiger partial charge in [0.25, 0.3) is 0 Å². The summed E-state index contributed by atoms with van der Waals surface area (Å²) in [7, 11) is 0. The van der Waals surface area contributed by atoms with Crippen molar-refractivity contribution in [1.29, 1.82) is 5.26 Å². The van der Waals surface area contributed by atoms with Crippen LogP contribution < -0.4 is 9.64 Å². The predicted octanol–water partition coefficient (Wildman–Crippen LogP) is 8.98. The zero-order chi connectivity index (χ0) is 26.2. The van der Waals surface area contributed by atoms with Crippen LogP contribution in [0.25, 0.3) is 17.7 Å². The summed E-state index contributed by atoms with van der Waals surface area (Å²) in [6.07, 6.45) is 12.0. The highest BCUT2D eigenvalue weighted by Crippen LogP contribution is 2.45. The van der Waals surface area contributed by atoms with Crippen LogP contribution in [-0.4, -0.2) is 0 Å². The van der Waals surface area contributed by atoms with E-state index >= 15 is 0 Å². The minimum absolute atomic E-state index is 0.634. The van der Waals surface area contributed by atoms with Crippen molar-refractivity contribution in [3.8, 4) is 11.8 Å². The Morgan fingerprint density at radius 2 is 1.53 bits per heavy atom. The largest absolute Gasteiger partial charge is 0.462 e. The molecule has 0 saturated heterocycles. The van der Waals surface area contributed by atoms with Crippen LogP contribution in [0.2, 0.25) is 0 Å². The molecule has 3 aliphatic rings. The Morgan fingerprint density at radius 3 is 2.21 bits per heavy atom. The van der Waals surface area contributed by atoms with Crippen molar-refractivity contribution in [3.05, 3.63) is 136 Å². The van der Waals surface area contributed by atoms with Gasteiger partial charge in [-0.25, -0.2) is 0 Å². The van der Waals surface area contributed by atoms with Crippen molar-refractivity contribution in [2.45, 2.75) is 20.8 Å². The average Bonchev–Trinajstić information content (AvgIpc) is 3.09. The normalized spacial score (nSPS) is 17.9. The second kappa shape index (κ2) is 9.46. The molecule has 6 rings (SSSR count). The minimum Gasteiger partial charge on any atom is -0.462 e. The SMILES string of the molecule is CC1=CC(=C(C)C#N)C=C(/C=C2\C=C(C)c3ccc(N4c5ccccc5C=Cc5ccccc54)cc3O2)O1. The number of anilines is 3. The number of ether oxygens (including phenoxy) is 2. The third-order valence-corrected chi connectivity index (χ3v) is 6.85. The maximum absolute atomic E-state index is 9.33. The Balaban J connectivity index is 1.41. The fraction of sp³-hybridized carbons (Fsp3) is 0.0882. The Labute approximate surface area is 223 Å². The Bertz CT molecular complexity index is 1660. The molecule has 0 spiro atoms. The summed E-state index contributed by atoms with van der Waals surface area (Å²) in [5.41, 5.74) is 9.19. The van der Waals surface area contributed by atoms with E-state index in [1.807, 2.05) is 31.2 Å². The Morgan fingerprint density at radius 1 is 0.842 bits per heavy atom. The van der Waals surface area contributed by atoms with E-state index in [-0.39, 0.29) is 0 Å². The summed E-state index contributed by atoms with van der Waals surface area (Å²) in [5.74, 6) is 2.83. The van der Waals surface area contributed by atoms with Crippen molar-refractivity contribution >= 4 is 34.8 Å². The van der Waals surface area contributed by atoms with Crippen molar-refractivity contribution in [3.63, 3.8) is 0 Å². The predicted molar refractivity (Wildman–Crippen MR) is 154 cm³/mol. The lowest BCUT2D eigenvalue weighted by Crippen LogP contribution is -2.12. The molecule has 184 valence electrons. The van der Waals surface area contributed by atoms with E-state index < -0.39 is 0 Å². The van der Waals surface area contributed by atoms with Gasteiger partial charge in [-0.2, -0.15) is 5.26 Å². The topological polar surface area (TPSA) is 45.5 Å². The van der Waals surface area contributed by atoms with Gasteiger partial charge in [0.15, 0.2) is 0 Å². The van der Waals surface area contributed by atoms with Gasteiger partial charge in [-0.05, 0) is 85.5 Å². The molecule has 0 N–H and O–H groups in total. The molecule has 0 radical (unpaired) electrons. The summed E-state index contributed by atoms with van der Waals surface area (Å²) >= 11 is 0. The molecule has 0 unspecified atom stereocenters. The number of benzene rings is 3. The second-order valence-electron chi connectivity index (χ2n) is 9.54. The highest BCUT2D eigenvalue weighted by molar-refractivity contribution is 5.93. The lowest BCUT2D eigenvalue weighted by molar-refractivity contribution is 0.313. The Hall–Kier alpha value is -5.01. The number of para-hydroxylation sites is 2. The first-order valence-electron chi connectivity index (χ1n) is 12.6. The number of fused-ring (bicyclic) bond motifs is 3. The average molecular weight is 495 g/mol. The first-order chi connectivity index (χ1) is 18.5. The van der Waals surface area contributed by atoms with Crippen molar-refractivity contribution in [1.82, 2.24) is 0 Å². The van der Waals surface area contributed by atoms with Gasteiger partial charge in [-0.3, -0.25) is 0 Å². The fourth-order valence-electron chi connectivity index (χ4n) is 4.98. The number of hydrogen-bond donors (Lipinski definition) is 0. The van der Waals surface area contributed by atoms with Gasteiger partial charge in [0.1, 0.15) is 23.0 Å². The monoisotopic (exact) mass is 494 g/mol. The van der Waals surface area contributed by atoms with E-state index in [1.54, 1.807) is 6.92 Å². The van der Waals surface area contributed by atoms with E-state index in [0.29, 0.717) is 17.1 Å². The lowest BCUT2D eigenvalue weighted by Gasteiger charge is -2.28. The minimum atomic E-state index is 0.634. The van der Waals surface area contributed by atoms with Gasteiger partial charge < -0.3 is 14.4 Å². The van der Waals surface area contributed by atoms with Crippen molar-refractivity contribution < 1.29 is 9.47 Å². The van der Waals surface area contributed by atoms with Gasteiger partial charge in [-0.15, -0.1) is 0 Å². The van der Waals surface area contributed by atoms with Crippen LogP contribution in [0, 0.1) is 11.3 Å². The number of hydrogen-bond acceptors (Lipinski definition) is 4. The summed E-state index contributed by atoms with van der Waals surface area (Å²) in [6.45, 7) is 5.77. The number of allylic oxidation sites excluding steroid dienone is 8. The zero-order valence-electron chi connectivity index (χ0n) is 21.5. The second-order valence-corrected chi connectivity index (χ2v) is 9.54. The van der Waals surface area contributed by atoms with Gasteiger partial charge >= 0.3 is 0 Å². The molecule has 4 heteroatoms. The smallest absolute Gasteiger partial charge is 0.137 e. The maximum Gasteiger partial charge on any atom is 0.137 e. The van der Waals surface area contributed by atoms with E-state index in [4.69, 9.17) is 9.47 Å². The summed E-state index contributed by atoms with van der Waals surface area (Å²) in [4.78, 5) is 2.29. The molecule has 38 heavy (non-hydrogen) atoms. The fourth-order valence-corrected chi connectivity index (χ4v) is 4.98. The van der Waals surface area contributed by atoms with Crippen LogP contribution in [0.1, 0.15) is 37.5 Å². The quantitative estimate of drug-likeness (QED) is 0.261. The van der Waals surface area contributed by atoms with Crippen molar-refractivity contribution in [2.75, 3.05) is 4.90 Å². The van der Waals surface area contributed by atoms with Crippen LogP contribution in [-0.2, 0) is 4.74 Å². The lowest BCUT2D eigenvalue weighted by atomic mass is 10.0. The van der Waals surface area contributed by atoms with Crippen LogP contribution in [0.5, 0.6) is 5.75 Å². The highest BCUT2D eigenvalue weighted by Gasteiger charge is 2.23. The van der Waals surface area contributed by atoms with E-state index in [1.165, 1.54) is 0 Å². The van der Waals surface area contributed by atoms with Gasteiger partial charge in [0, 0.05) is 29.0 Å². The zero-order valence-corrected chi connectivity index (χ0v) is 21.5. The van der Waals surface area contributed by atoms with Crippen LogP contribution in [0.15, 0.2) is 119 Å². The van der Waals surface area contributed by atoms with E-state index in [2.05, 4.69) is 96.8 Å². The third-order valence-electron chi connectivity index (χ3n) is 6.85. The number of rotatable bonds is 2.